The first kappa shape index (κ1) is 26.5. The first-order valence-corrected chi connectivity index (χ1v) is 10.2. The van der Waals surface area contributed by atoms with Crippen LogP contribution in [0, 0.1) is 10.1 Å². The van der Waals surface area contributed by atoms with Gasteiger partial charge in [-0.3, -0.25) is 10.1 Å². The zero-order valence-corrected chi connectivity index (χ0v) is 18.3. The highest BCUT2D eigenvalue weighted by Crippen LogP contribution is 2.39. The second kappa shape index (κ2) is 12.2. The van der Waals surface area contributed by atoms with Crippen molar-refractivity contribution in [3.63, 3.8) is 0 Å². The zero-order chi connectivity index (χ0) is 21.3. The van der Waals surface area contributed by atoms with Gasteiger partial charge >= 0.3 is 20.6 Å². The van der Waals surface area contributed by atoms with Gasteiger partial charge in [0, 0.05) is 33.9 Å². The van der Waals surface area contributed by atoms with E-state index in [-0.39, 0.29) is 42.0 Å². The standard InChI is InChI=1S/C16H26N2O9Si.H3N/c1-23-13-8-7-12(14(18(21)22)15(13)24-2)11-17(16(19)20)9-6-10-28(25-3,26-4)27-5;/h7-8H,6,9-11H2,1-5H3,(H,19,20);1H3. The molecule has 0 aliphatic heterocycles. The monoisotopic (exact) mass is 435 g/mol. The van der Waals surface area contributed by atoms with E-state index in [1.54, 1.807) is 0 Å². The Morgan fingerprint density at radius 3 is 2.14 bits per heavy atom. The summed E-state index contributed by atoms with van der Waals surface area (Å²) in [6.45, 7) is -0.0703. The Bertz CT molecular complexity index is 678. The molecule has 12 nitrogen and oxygen atoms in total. The number of hydrogen-bond acceptors (Lipinski definition) is 9. The third kappa shape index (κ3) is 6.54. The molecule has 166 valence electrons. The van der Waals surface area contributed by atoms with Gasteiger partial charge in [0.25, 0.3) is 0 Å². The second-order valence-corrected chi connectivity index (χ2v) is 8.76. The van der Waals surface area contributed by atoms with Crippen LogP contribution in [0.2, 0.25) is 6.04 Å². The molecule has 0 fully saturated rings. The quantitative estimate of drug-likeness (QED) is 0.283. The molecule has 1 rings (SSSR count). The Morgan fingerprint density at radius 1 is 1.14 bits per heavy atom. The maximum atomic E-state index is 11.6. The van der Waals surface area contributed by atoms with Gasteiger partial charge in [-0.1, -0.05) is 0 Å². The molecule has 0 atom stereocenters. The molecular weight excluding hydrogens is 406 g/mol. The van der Waals surface area contributed by atoms with Crippen molar-refractivity contribution in [1.82, 2.24) is 11.1 Å². The average Bonchev–Trinajstić information content (AvgIpc) is 2.69. The summed E-state index contributed by atoms with van der Waals surface area (Å²) < 4.78 is 26.1. The molecule has 0 saturated carbocycles. The maximum Gasteiger partial charge on any atom is 0.500 e. The van der Waals surface area contributed by atoms with Crippen molar-refractivity contribution in [2.75, 3.05) is 42.1 Å². The molecular formula is C16H29N3O9Si. The molecule has 0 heterocycles. The Hall–Kier alpha value is -2.45. The number of carboxylic acid groups (broad SMARTS) is 1. The molecule has 0 aliphatic rings. The van der Waals surface area contributed by atoms with E-state index >= 15 is 0 Å². The van der Waals surface area contributed by atoms with E-state index in [4.69, 9.17) is 22.8 Å². The van der Waals surface area contributed by atoms with E-state index < -0.39 is 19.8 Å². The Labute approximate surface area is 170 Å². The van der Waals surface area contributed by atoms with Crippen molar-refractivity contribution in [2.24, 2.45) is 0 Å². The molecule has 1 aromatic carbocycles. The largest absolute Gasteiger partial charge is 0.500 e. The van der Waals surface area contributed by atoms with E-state index in [1.807, 2.05) is 0 Å². The van der Waals surface area contributed by atoms with Gasteiger partial charge in [-0.25, -0.2) is 4.79 Å². The molecule has 0 saturated heterocycles. The summed E-state index contributed by atoms with van der Waals surface area (Å²) >= 11 is 0. The number of methoxy groups -OCH3 is 2. The summed E-state index contributed by atoms with van der Waals surface area (Å²) in [6, 6.07) is 3.35. The number of nitro benzene ring substituents is 1. The minimum atomic E-state index is -2.83. The highest BCUT2D eigenvalue weighted by Gasteiger charge is 2.37. The number of nitrogens with zero attached hydrogens (tertiary/aromatic N) is 2. The third-order valence-corrected chi connectivity index (χ3v) is 7.09. The van der Waals surface area contributed by atoms with E-state index in [2.05, 4.69) is 0 Å². The van der Waals surface area contributed by atoms with Gasteiger partial charge in [0.05, 0.1) is 31.3 Å². The Kier molecular flexibility index (Phi) is 11.2. The van der Waals surface area contributed by atoms with E-state index in [0.29, 0.717) is 12.5 Å². The number of nitro groups is 1. The molecule has 29 heavy (non-hydrogen) atoms. The minimum Gasteiger partial charge on any atom is -0.493 e. The summed E-state index contributed by atoms with van der Waals surface area (Å²) in [6.07, 6.45) is -0.807. The molecule has 0 unspecified atom stereocenters. The molecule has 0 aliphatic carbocycles. The van der Waals surface area contributed by atoms with Gasteiger partial charge in [0.1, 0.15) is 0 Å². The predicted octanol–water partition coefficient (Wildman–Crippen LogP) is 2.52. The zero-order valence-electron chi connectivity index (χ0n) is 17.3. The van der Waals surface area contributed by atoms with Gasteiger partial charge in [0.2, 0.25) is 5.75 Å². The fraction of sp³-hybridized carbons (Fsp3) is 0.562. The summed E-state index contributed by atoms with van der Waals surface area (Å²) in [5.41, 5.74) is -0.138. The molecule has 13 heteroatoms. The first-order chi connectivity index (χ1) is 13.3. The van der Waals surface area contributed by atoms with Crippen LogP contribution in [0.3, 0.4) is 0 Å². The van der Waals surface area contributed by atoms with Gasteiger partial charge in [-0.15, -0.1) is 0 Å². The van der Waals surface area contributed by atoms with Crippen LogP contribution in [-0.4, -0.2) is 71.9 Å². The lowest BCUT2D eigenvalue weighted by Crippen LogP contribution is -2.43. The number of ether oxygens (including phenoxy) is 2. The molecule has 0 spiro atoms. The van der Waals surface area contributed by atoms with Crippen molar-refractivity contribution in [1.29, 1.82) is 0 Å². The summed E-state index contributed by atoms with van der Waals surface area (Å²) in [7, 11) is 4.24. The van der Waals surface area contributed by atoms with E-state index in [0.717, 1.165) is 4.90 Å². The van der Waals surface area contributed by atoms with Crippen LogP contribution in [0.4, 0.5) is 10.5 Å². The van der Waals surface area contributed by atoms with Crippen LogP contribution >= 0.6 is 0 Å². The van der Waals surface area contributed by atoms with Crippen molar-refractivity contribution < 1.29 is 37.6 Å². The lowest BCUT2D eigenvalue weighted by atomic mass is 10.1. The van der Waals surface area contributed by atoms with Crippen LogP contribution in [0.1, 0.15) is 12.0 Å². The minimum absolute atomic E-state index is 0. The Morgan fingerprint density at radius 2 is 1.72 bits per heavy atom. The lowest BCUT2D eigenvalue weighted by Gasteiger charge is -2.26. The van der Waals surface area contributed by atoms with E-state index in [9.17, 15) is 20.0 Å². The fourth-order valence-corrected chi connectivity index (χ4v) is 4.47. The van der Waals surface area contributed by atoms with E-state index in [1.165, 1.54) is 47.7 Å². The SMILES string of the molecule is COc1ccc(CN(CCC[Si](OC)(OC)OC)C(=O)O)c([N+](=O)[O-])c1OC.N. The topological polar surface area (TPSA) is 165 Å². The normalized spacial score (nSPS) is 10.8. The van der Waals surface area contributed by atoms with Crippen molar-refractivity contribution in [3.05, 3.63) is 27.8 Å². The molecule has 4 N–H and O–H groups in total. The molecule has 0 bridgehead atoms. The number of hydrogen-bond donors (Lipinski definition) is 2. The van der Waals surface area contributed by atoms with Crippen LogP contribution in [0.25, 0.3) is 0 Å². The highest BCUT2D eigenvalue weighted by molar-refractivity contribution is 6.60. The first-order valence-electron chi connectivity index (χ1n) is 8.30. The number of carbonyl (C=O) groups is 1. The number of rotatable bonds is 12. The lowest BCUT2D eigenvalue weighted by molar-refractivity contribution is -0.386. The number of benzene rings is 1. The summed E-state index contributed by atoms with van der Waals surface area (Å²) in [4.78, 5) is 23.6. The smallest absolute Gasteiger partial charge is 0.493 e. The molecule has 0 radical (unpaired) electrons. The fourth-order valence-electron chi connectivity index (χ4n) is 2.77. The highest BCUT2D eigenvalue weighted by atomic mass is 28.4. The van der Waals surface area contributed by atoms with Gasteiger partial charge in [-0.05, 0) is 18.6 Å². The van der Waals surface area contributed by atoms with Gasteiger partial charge < -0.3 is 38.9 Å². The Balaban J connectivity index is 0.00000784. The van der Waals surface area contributed by atoms with Crippen molar-refractivity contribution in [2.45, 2.75) is 19.0 Å². The van der Waals surface area contributed by atoms with Crippen LogP contribution in [-0.2, 0) is 19.8 Å². The van der Waals surface area contributed by atoms with Crippen LogP contribution < -0.4 is 15.6 Å². The average molecular weight is 436 g/mol. The second-order valence-electron chi connectivity index (χ2n) is 5.67. The van der Waals surface area contributed by atoms with Gasteiger partial charge in [0.15, 0.2) is 5.75 Å². The van der Waals surface area contributed by atoms with Crippen LogP contribution in [0.5, 0.6) is 11.5 Å². The molecule has 1 amide bonds. The predicted molar refractivity (Wildman–Crippen MR) is 106 cm³/mol. The van der Waals surface area contributed by atoms with Crippen molar-refractivity contribution >= 4 is 20.6 Å². The number of amides is 1. The summed E-state index contributed by atoms with van der Waals surface area (Å²) in [5.74, 6) is 0.135. The summed E-state index contributed by atoms with van der Waals surface area (Å²) in [5, 5.41) is 21.1. The van der Waals surface area contributed by atoms with Gasteiger partial charge in [-0.2, -0.15) is 0 Å². The third-order valence-electron chi connectivity index (χ3n) is 4.26. The molecule has 0 aromatic heterocycles. The molecule has 1 aromatic rings. The maximum absolute atomic E-state index is 11.6. The van der Waals surface area contributed by atoms with Crippen molar-refractivity contribution in [3.8, 4) is 11.5 Å². The van der Waals surface area contributed by atoms with Crippen LogP contribution in [0.15, 0.2) is 12.1 Å².